The average Bonchev–Trinajstić information content (AvgIpc) is 3.54. The molecule has 0 spiro atoms. The quantitative estimate of drug-likeness (QED) is 0.385. The van der Waals surface area contributed by atoms with Crippen molar-refractivity contribution in [1.29, 1.82) is 0 Å². The summed E-state index contributed by atoms with van der Waals surface area (Å²) in [5.74, 6) is -0.0984. The van der Waals surface area contributed by atoms with Gasteiger partial charge < -0.3 is 19.7 Å². The van der Waals surface area contributed by atoms with Gasteiger partial charge in [-0.25, -0.2) is 14.4 Å². The van der Waals surface area contributed by atoms with Gasteiger partial charge in [0, 0.05) is 32.1 Å². The van der Waals surface area contributed by atoms with Crippen molar-refractivity contribution in [3.8, 4) is 11.3 Å². The minimum Gasteiger partial charge on any atom is -0.364 e. The van der Waals surface area contributed by atoms with Gasteiger partial charge in [-0.05, 0) is 43.7 Å². The summed E-state index contributed by atoms with van der Waals surface area (Å²) in [6.07, 6.45) is 8.05. The molecule has 0 aliphatic heterocycles. The SMILES string of the molecule is Cc1nocc1C(=O)N[C@H](c1nc2c(F)c(-c3nccnc3C(=O)N(C)C)ccc2[nH]1)[C@H]1CC[C@H](C)CC1. The topological polar surface area (TPSA) is 130 Å². The molecule has 3 aromatic heterocycles. The van der Waals surface area contributed by atoms with Crippen LogP contribution in [0.2, 0.25) is 0 Å². The molecule has 1 aromatic carbocycles. The number of fused-ring (bicyclic) bond motifs is 1. The number of nitrogens with zero attached hydrogens (tertiary/aromatic N) is 5. The summed E-state index contributed by atoms with van der Waals surface area (Å²) in [7, 11) is 3.20. The molecule has 3 heterocycles. The second-order valence-electron chi connectivity index (χ2n) is 10.2. The first kappa shape index (κ1) is 25.5. The molecule has 1 fully saturated rings. The fraction of sp³-hybridized carbons (Fsp3) is 0.407. The van der Waals surface area contributed by atoms with Crippen LogP contribution in [0, 0.1) is 24.6 Å². The lowest BCUT2D eigenvalue weighted by atomic mass is 9.79. The van der Waals surface area contributed by atoms with E-state index in [0.29, 0.717) is 28.5 Å². The highest BCUT2D eigenvalue weighted by Crippen LogP contribution is 2.37. The molecule has 1 aliphatic carbocycles. The molecule has 1 aliphatic rings. The average molecular weight is 520 g/mol. The minimum absolute atomic E-state index is 0.0528. The van der Waals surface area contributed by atoms with Crippen molar-refractivity contribution in [1.82, 2.24) is 35.3 Å². The summed E-state index contributed by atoms with van der Waals surface area (Å²) in [6, 6.07) is 2.81. The van der Waals surface area contributed by atoms with E-state index in [1.54, 1.807) is 33.2 Å². The number of halogens is 1. The van der Waals surface area contributed by atoms with Crippen LogP contribution in [0.5, 0.6) is 0 Å². The number of rotatable bonds is 6. The van der Waals surface area contributed by atoms with Crippen LogP contribution < -0.4 is 5.32 Å². The van der Waals surface area contributed by atoms with Crippen LogP contribution in [0.4, 0.5) is 4.39 Å². The van der Waals surface area contributed by atoms with E-state index in [4.69, 9.17) is 4.52 Å². The Labute approximate surface area is 219 Å². The maximum absolute atomic E-state index is 15.9. The maximum atomic E-state index is 15.9. The molecule has 2 amide bonds. The van der Waals surface area contributed by atoms with Gasteiger partial charge in [0.2, 0.25) is 0 Å². The van der Waals surface area contributed by atoms with Crippen molar-refractivity contribution in [3.63, 3.8) is 0 Å². The molecule has 198 valence electrons. The second kappa shape index (κ2) is 10.3. The van der Waals surface area contributed by atoms with Crippen LogP contribution in [0.25, 0.3) is 22.3 Å². The predicted molar refractivity (Wildman–Crippen MR) is 138 cm³/mol. The highest BCUT2D eigenvalue weighted by molar-refractivity contribution is 5.98. The number of aromatic amines is 1. The first-order chi connectivity index (χ1) is 18.2. The third kappa shape index (κ3) is 4.75. The summed E-state index contributed by atoms with van der Waals surface area (Å²) in [4.78, 5) is 43.4. The standard InChI is InChI=1S/C27H30FN7O3/c1-14-5-7-16(8-6-14)21(33-26(36)18-13-38-34-15(18)2)25-31-19-10-9-17(20(28)23(19)32-25)22-24(27(37)35(3)4)30-12-11-29-22/h9-14,16,21H,5-8H2,1-4H3,(H,31,32)(H,33,36)/t14-,16-,21-/m0/s1. The molecular weight excluding hydrogens is 489 g/mol. The number of hydrogen-bond donors (Lipinski definition) is 2. The first-order valence-corrected chi connectivity index (χ1v) is 12.7. The van der Waals surface area contributed by atoms with Crippen molar-refractivity contribution in [2.45, 2.75) is 45.6 Å². The Balaban J connectivity index is 1.55. The second-order valence-corrected chi connectivity index (χ2v) is 10.2. The highest BCUT2D eigenvalue weighted by Gasteiger charge is 2.32. The van der Waals surface area contributed by atoms with Crippen LogP contribution in [-0.4, -0.2) is 55.9 Å². The van der Waals surface area contributed by atoms with Gasteiger partial charge in [-0.1, -0.05) is 24.9 Å². The van der Waals surface area contributed by atoms with Gasteiger partial charge in [-0.15, -0.1) is 0 Å². The Bertz CT molecular complexity index is 1490. The number of carbonyl (C=O) groups excluding carboxylic acids is 2. The molecule has 0 radical (unpaired) electrons. The molecular formula is C27H30FN7O3. The predicted octanol–water partition coefficient (Wildman–Crippen LogP) is 4.45. The van der Waals surface area contributed by atoms with E-state index >= 15 is 4.39 Å². The van der Waals surface area contributed by atoms with Crippen LogP contribution in [0.15, 0.2) is 35.3 Å². The van der Waals surface area contributed by atoms with Crippen molar-refractivity contribution >= 4 is 22.8 Å². The molecule has 2 N–H and O–H groups in total. The summed E-state index contributed by atoms with van der Waals surface area (Å²) in [6.45, 7) is 3.93. The molecule has 38 heavy (non-hydrogen) atoms. The Morgan fingerprint density at radius 2 is 1.89 bits per heavy atom. The third-order valence-electron chi connectivity index (χ3n) is 7.28. The fourth-order valence-corrected chi connectivity index (χ4v) is 5.05. The van der Waals surface area contributed by atoms with E-state index in [9.17, 15) is 9.59 Å². The number of amides is 2. The molecule has 5 rings (SSSR count). The maximum Gasteiger partial charge on any atom is 0.274 e. The summed E-state index contributed by atoms with van der Waals surface area (Å²) < 4.78 is 20.9. The lowest BCUT2D eigenvalue weighted by Crippen LogP contribution is -2.36. The van der Waals surface area contributed by atoms with Crippen LogP contribution in [0.3, 0.4) is 0 Å². The molecule has 11 heteroatoms. The largest absolute Gasteiger partial charge is 0.364 e. The number of carbonyl (C=O) groups is 2. The zero-order chi connectivity index (χ0) is 27.0. The zero-order valence-electron chi connectivity index (χ0n) is 21.8. The van der Waals surface area contributed by atoms with E-state index in [1.165, 1.54) is 23.6 Å². The van der Waals surface area contributed by atoms with Gasteiger partial charge >= 0.3 is 0 Å². The van der Waals surface area contributed by atoms with Crippen LogP contribution in [-0.2, 0) is 0 Å². The van der Waals surface area contributed by atoms with Gasteiger partial charge in [0.05, 0.1) is 17.3 Å². The van der Waals surface area contributed by atoms with Crippen molar-refractivity contribution in [2.75, 3.05) is 14.1 Å². The monoisotopic (exact) mass is 519 g/mol. The molecule has 0 bridgehead atoms. The molecule has 1 saturated carbocycles. The lowest BCUT2D eigenvalue weighted by Gasteiger charge is -2.32. The normalized spacial score (nSPS) is 18.3. The third-order valence-corrected chi connectivity index (χ3v) is 7.28. The fourth-order valence-electron chi connectivity index (χ4n) is 5.05. The highest BCUT2D eigenvalue weighted by atomic mass is 19.1. The molecule has 0 saturated heterocycles. The number of aryl methyl sites for hydroxylation is 1. The van der Waals surface area contributed by atoms with Gasteiger partial charge in [-0.3, -0.25) is 14.6 Å². The van der Waals surface area contributed by atoms with E-state index in [1.807, 2.05) is 0 Å². The first-order valence-electron chi connectivity index (χ1n) is 12.7. The smallest absolute Gasteiger partial charge is 0.274 e. The van der Waals surface area contributed by atoms with E-state index in [0.717, 1.165) is 25.7 Å². The van der Waals surface area contributed by atoms with E-state index in [2.05, 4.69) is 37.3 Å². The zero-order valence-corrected chi connectivity index (χ0v) is 21.8. The van der Waals surface area contributed by atoms with Gasteiger partial charge in [0.25, 0.3) is 11.8 Å². The van der Waals surface area contributed by atoms with Crippen LogP contribution in [0.1, 0.15) is 71.0 Å². The number of H-pyrrole nitrogens is 1. The van der Waals surface area contributed by atoms with Gasteiger partial charge in [0.1, 0.15) is 28.9 Å². The minimum atomic E-state index is -0.615. The number of hydrogen-bond acceptors (Lipinski definition) is 7. The van der Waals surface area contributed by atoms with E-state index in [-0.39, 0.29) is 40.2 Å². The van der Waals surface area contributed by atoms with Crippen molar-refractivity contribution < 1.29 is 18.5 Å². The summed E-state index contributed by atoms with van der Waals surface area (Å²) >= 11 is 0. The van der Waals surface area contributed by atoms with Crippen molar-refractivity contribution in [2.24, 2.45) is 11.8 Å². The molecule has 10 nitrogen and oxygen atoms in total. The Morgan fingerprint density at radius 1 is 1.16 bits per heavy atom. The summed E-state index contributed by atoms with van der Waals surface area (Å²) in [5.41, 5.74) is 1.75. The number of aromatic nitrogens is 5. The lowest BCUT2D eigenvalue weighted by molar-refractivity contribution is 0.0821. The number of nitrogens with one attached hydrogen (secondary N) is 2. The Kier molecular flexibility index (Phi) is 6.92. The van der Waals surface area contributed by atoms with Crippen LogP contribution >= 0.6 is 0 Å². The molecule has 0 unspecified atom stereocenters. The summed E-state index contributed by atoms with van der Waals surface area (Å²) in [5, 5.41) is 6.91. The Morgan fingerprint density at radius 3 is 2.58 bits per heavy atom. The Hall–Kier alpha value is -4.15. The number of imidazole rings is 1. The molecule has 4 aromatic rings. The molecule has 1 atom stereocenters. The van der Waals surface area contributed by atoms with Gasteiger partial charge in [0.15, 0.2) is 11.5 Å². The van der Waals surface area contributed by atoms with Crippen molar-refractivity contribution in [3.05, 3.63) is 59.4 Å². The van der Waals surface area contributed by atoms with E-state index < -0.39 is 11.9 Å². The van der Waals surface area contributed by atoms with Gasteiger partial charge in [-0.2, -0.15) is 0 Å². The number of benzene rings is 1.